The van der Waals surface area contributed by atoms with Gasteiger partial charge in [-0.25, -0.2) is 10.0 Å². The topological polar surface area (TPSA) is 103 Å². The van der Waals surface area contributed by atoms with E-state index >= 15 is 9.59 Å². The maximum atomic E-state index is 15.4. The van der Waals surface area contributed by atoms with Gasteiger partial charge in [0.25, 0.3) is 11.8 Å². The van der Waals surface area contributed by atoms with Crippen LogP contribution in [-0.2, 0) is 27.4 Å². The predicted octanol–water partition coefficient (Wildman–Crippen LogP) is 8.18. The minimum absolute atomic E-state index is 0.119. The lowest BCUT2D eigenvalue weighted by Gasteiger charge is -2.45. The first kappa shape index (κ1) is 39.5. The molecule has 0 aliphatic rings. The normalized spacial score (nSPS) is 11.5. The van der Waals surface area contributed by atoms with Crippen molar-refractivity contribution in [3.05, 3.63) is 250 Å². The van der Waals surface area contributed by atoms with Crippen molar-refractivity contribution >= 4 is 11.8 Å². The first-order valence-electron chi connectivity index (χ1n) is 18.8. The van der Waals surface area contributed by atoms with Crippen LogP contribution in [0.5, 0.6) is 0 Å². The van der Waals surface area contributed by atoms with E-state index in [9.17, 15) is 5.11 Å². The number of carbonyl (C=O) groups is 2. The molecule has 0 radical (unpaired) electrons. The van der Waals surface area contributed by atoms with Crippen LogP contribution >= 0.6 is 0 Å². The molecule has 9 heteroatoms. The molecule has 0 aliphatic carbocycles. The molecule has 0 atom stereocenters. The van der Waals surface area contributed by atoms with Crippen LogP contribution in [0.15, 0.2) is 200 Å². The molecule has 0 fully saturated rings. The van der Waals surface area contributed by atoms with Crippen molar-refractivity contribution in [2.45, 2.75) is 17.7 Å². The Kier molecular flexibility index (Phi) is 12.3. The molecule has 58 heavy (non-hydrogen) atoms. The van der Waals surface area contributed by atoms with E-state index in [1.807, 2.05) is 182 Å². The van der Waals surface area contributed by atoms with E-state index < -0.39 is 29.5 Å². The second-order valence-electron chi connectivity index (χ2n) is 13.6. The molecule has 0 heterocycles. The van der Waals surface area contributed by atoms with Gasteiger partial charge < -0.3 is 5.11 Å². The summed E-state index contributed by atoms with van der Waals surface area (Å²) in [7, 11) is 2.88. The van der Waals surface area contributed by atoms with Crippen LogP contribution in [0, 0.1) is 0 Å². The molecular weight excluding hydrogens is 725 g/mol. The van der Waals surface area contributed by atoms with E-state index in [1.54, 1.807) is 12.1 Å². The van der Waals surface area contributed by atoms with Crippen molar-refractivity contribution in [1.29, 1.82) is 0 Å². The Labute approximate surface area is 338 Å². The third-order valence-corrected chi connectivity index (χ3v) is 10.3. The molecule has 7 aromatic rings. The van der Waals surface area contributed by atoms with E-state index in [-0.39, 0.29) is 11.1 Å². The molecule has 0 saturated carbocycles. The molecule has 9 nitrogen and oxygen atoms in total. The van der Waals surface area contributed by atoms with Crippen LogP contribution in [0.1, 0.15) is 59.7 Å². The number of rotatable bonds is 15. The van der Waals surface area contributed by atoms with Gasteiger partial charge >= 0.3 is 0 Å². The number of hydrogen-bond donors (Lipinski definition) is 3. The highest BCUT2D eigenvalue weighted by Crippen LogP contribution is 2.44. The van der Waals surface area contributed by atoms with Crippen LogP contribution in [0.2, 0.25) is 0 Å². The van der Waals surface area contributed by atoms with Gasteiger partial charge in [-0.05, 0) is 57.1 Å². The highest BCUT2D eigenvalue weighted by Gasteiger charge is 2.48. The van der Waals surface area contributed by atoms with Crippen LogP contribution < -0.4 is 11.2 Å². The van der Waals surface area contributed by atoms with Crippen molar-refractivity contribution in [1.82, 2.24) is 21.2 Å². The molecule has 0 aromatic heterocycles. The van der Waals surface area contributed by atoms with Gasteiger partial charge in [0.1, 0.15) is 11.1 Å². The zero-order chi connectivity index (χ0) is 40.4. The Morgan fingerprint density at radius 3 is 0.897 bits per heavy atom. The van der Waals surface area contributed by atoms with E-state index in [0.29, 0.717) is 5.56 Å². The van der Waals surface area contributed by atoms with Crippen molar-refractivity contribution in [2.75, 3.05) is 14.2 Å². The lowest BCUT2D eigenvalue weighted by molar-refractivity contribution is -0.0721. The molecule has 290 valence electrons. The predicted molar refractivity (Wildman–Crippen MR) is 223 cm³/mol. The summed E-state index contributed by atoms with van der Waals surface area (Å²) in [5.41, 5.74) is 8.50. The van der Waals surface area contributed by atoms with Crippen molar-refractivity contribution in [2.24, 2.45) is 0 Å². The fourth-order valence-corrected chi connectivity index (χ4v) is 7.85. The standard InChI is InChI=1S/C49H44N4O5/c1-57-50-52(48(40-21-9-3-10-22-40,41-23-11-4-12-24-41)42-25-13-5-14-26-42)46(55)38-33-37(36-54)34-39(35-38)47(56)53(51-58-2)49(43-27-15-6-16-28-43,44-29-17-7-18-30-44)45-31-19-8-20-32-45/h3-35,50-51,54H,36H2,1-2H3. The maximum absolute atomic E-state index is 15.4. The van der Waals surface area contributed by atoms with Crippen molar-refractivity contribution in [3.63, 3.8) is 0 Å². The molecule has 0 aliphatic heterocycles. The Balaban J connectivity index is 1.45. The molecule has 3 N–H and O–H groups in total. The average Bonchev–Trinajstić information content (AvgIpc) is 3.30. The fraction of sp³-hybridized carbons (Fsp3) is 0.102. The monoisotopic (exact) mass is 768 g/mol. The Bertz CT molecular complexity index is 2040. The zero-order valence-electron chi connectivity index (χ0n) is 32.2. The maximum Gasteiger partial charge on any atom is 0.271 e. The molecule has 0 spiro atoms. The van der Waals surface area contributed by atoms with Gasteiger partial charge in [-0.15, -0.1) is 11.2 Å². The van der Waals surface area contributed by atoms with Gasteiger partial charge in [0, 0.05) is 11.1 Å². The van der Waals surface area contributed by atoms with Gasteiger partial charge in [-0.1, -0.05) is 182 Å². The summed E-state index contributed by atoms with van der Waals surface area (Å²) in [6, 6.07) is 62.8. The Hall–Kier alpha value is -6.72. The number of amides is 2. The highest BCUT2D eigenvalue weighted by atomic mass is 16.7. The first-order chi connectivity index (χ1) is 28.5. The Morgan fingerprint density at radius 1 is 0.448 bits per heavy atom. The van der Waals surface area contributed by atoms with Crippen LogP contribution in [0.3, 0.4) is 0 Å². The van der Waals surface area contributed by atoms with Crippen LogP contribution in [-0.4, -0.2) is 41.2 Å². The lowest BCUT2D eigenvalue weighted by atomic mass is 9.76. The number of aliphatic hydroxyl groups is 1. The van der Waals surface area contributed by atoms with Gasteiger partial charge in [0.2, 0.25) is 0 Å². The number of nitrogens with zero attached hydrogens (tertiary/aromatic N) is 2. The summed E-state index contributed by atoms with van der Waals surface area (Å²) < 4.78 is 0. The van der Waals surface area contributed by atoms with E-state index in [0.717, 1.165) is 33.4 Å². The lowest BCUT2D eigenvalue weighted by Crippen LogP contribution is -2.58. The molecule has 7 rings (SSSR count). The van der Waals surface area contributed by atoms with Crippen molar-refractivity contribution in [3.8, 4) is 0 Å². The third kappa shape index (κ3) is 7.32. The summed E-state index contributed by atoms with van der Waals surface area (Å²) in [5.74, 6) is -1.07. The number of hydrogen-bond acceptors (Lipinski definition) is 7. The summed E-state index contributed by atoms with van der Waals surface area (Å²) in [6.07, 6.45) is 0. The smallest absolute Gasteiger partial charge is 0.271 e. The second kappa shape index (κ2) is 18.0. The number of benzene rings is 7. The summed E-state index contributed by atoms with van der Waals surface area (Å²) in [6.45, 7) is -0.445. The largest absolute Gasteiger partial charge is 0.392 e. The fourth-order valence-electron chi connectivity index (χ4n) is 7.85. The number of aliphatic hydroxyl groups excluding tert-OH is 1. The quantitative estimate of drug-likeness (QED) is 0.0715. The van der Waals surface area contributed by atoms with Crippen molar-refractivity contribution < 1.29 is 24.4 Å². The molecule has 7 aromatic carbocycles. The average molecular weight is 769 g/mol. The summed E-state index contributed by atoms with van der Waals surface area (Å²) in [4.78, 5) is 42.1. The molecule has 0 unspecified atom stereocenters. The molecular formula is C49H44N4O5. The number of nitrogens with one attached hydrogen (secondary N) is 2. The molecule has 2 amide bonds. The van der Waals surface area contributed by atoms with Gasteiger partial charge in [0.05, 0.1) is 20.8 Å². The van der Waals surface area contributed by atoms with E-state index in [4.69, 9.17) is 9.68 Å². The van der Waals surface area contributed by atoms with Gasteiger partial charge in [0.15, 0.2) is 0 Å². The van der Waals surface area contributed by atoms with Gasteiger partial charge in [-0.3, -0.25) is 19.3 Å². The highest BCUT2D eigenvalue weighted by molar-refractivity contribution is 6.01. The molecule has 0 bridgehead atoms. The number of carbonyl (C=O) groups excluding carboxylic acids is 2. The zero-order valence-corrected chi connectivity index (χ0v) is 32.2. The molecule has 0 saturated heterocycles. The first-order valence-corrected chi connectivity index (χ1v) is 18.8. The summed E-state index contributed by atoms with van der Waals surface area (Å²) in [5, 5.41) is 13.6. The Morgan fingerprint density at radius 2 is 0.690 bits per heavy atom. The summed E-state index contributed by atoms with van der Waals surface area (Å²) >= 11 is 0. The third-order valence-electron chi connectivity index (χ3n) is 10.3. The van der Waals surface area contributed by atoms with Gasteiger partial charge in [-0.2, -0.15) is 0 Å². The number of hydrazine groups is 2. The van der Waals surface area contributed by atoms with E-state index in [1.165, 1.54) is 30.3 Å². The van der Waals surface area contributed by atoms with Crippen LogP contribution in [0.4, 0.5) is 0 Å². The van der Waals surface area contributed by atoms with E-state index in [2.05, 4.69) is 11.2 Å². The SMILES string of the molecule is CONN(C(=O)c1cc(CO)cc(C(=O)N(NOC)C(c2ccccc2)(c2ccccc2)c2ccccc2)c1)C(c1ccccc1)(c1ccccc1)c1ccccc1. The van der Waals surface area contributed by atoms with Crippen LogP contribution in [0.25, 0.3) is 0 Å². The minimum Gasteiger partial charge on any atom is -0.392 e. The minimum atomic E-state index is -1.29. The second-order valence-corrected chi connectivity index (χ2v) is 13.6.